The van der Waals surface area contributed by atoms with E-state index in [1.165, 1.54) is 35.1 Å². The lowest BCUT2D eigenvalue weighted by molar-refractivity contribution is -0.139. The van der Waals surface area contributed by atoms with E-state index in [2.05, 4.69) is 15.1 Å². The highest BCUT2D eigenvalue weighted by atomic mass is 32.2. The molecule has 4 aromatic rings. The zero-order valence-electron chi connectivity index (χ0n) is 15.0. The maximum Gasteiger partial charge on any atom is 0.418 e. The van der Waals surface area contributed by atoms with Crippen molar-refractivity contribution in [3.63, 3.8) is 0 Å². The molecule has 8 nitrogen and oxygen atoms in total. The lowest BCUT2D eigenvalue weighted by Gasteiger charge is -2.16. The predicted molar refractivity (Wildman–Crippen MR) is 102 cm³/mol. The highest BCUT2D eigenvalue weighted by Gasteiger charge is 2.39. The molecule has 0 atom stereocenters. The van der Waals surface area contributed by atoms with Gasteiger partial charge in [-0.25, -0.2) is 18.1 Å². The van der Waals surface area contributed by atoms with Gasteiger partial charge in [0.15, 0.2) is 5.65 Å². The Kier molecular flexibility index (Phi) is 4.47. The van der Waals surface area contributed by atoms with Gasteiger partial charge in [-0.2, -0.15) is 18.2 Å². The van der Waals surface area contributed by atoms with Crippen molar-refractivity contribution in [3.8, 4) is 22.3 Å². The Hall–Kier alpha value is -3.51. The van der Waals surface area contributed by atoms with Gasteiger partial charge in [0, 0.05) is 35.3 Å². The molecule has 0 saturated heterocycles. The molecule has 0 spiro atoms. The summed E-state index contributed by atoms with van der Waals surface area (Å²) in [5, 5.41) is 9.01. The summed E-state index contributed by atoms with van der Waals surface area (Å²) in [5.74, 6) is 0.0775. The summed E-state index contributed by atoms with van der Waals surface area (Å²) in [5.41, 5.74) is 5.52. The van der Waals surface area contributed by atoms with Crippen LogP contribution in [0.4, 0.5) is 19.1 Å². The summed E-state index contributed by atoms with van der Waals surface area (Å²) in [4.78, 5) is 7.02. The van der Waals surface area contributed by atoms with E-state index >= 15 is 0 Å². The Balaban J connectivity index is 1.90. The molecule has 30 heavy (non-hydrogen) atoms. The van der Waals surface area contributed by atoms with Crippen LogP contribution in [0.15, 0.2) is 59.9 Å². The van der Waals surface area contributed by atoms with Crippen LogP contribution < -0.4 is 10.9 Å². The van der Waals surface area contributed by atoms with Gasteiger partial charge in [0.25, 0.3) is 0 Å². The van der Waals surface area contributed by atoms with Crippen molar-refractivity contribution in [1.29, 1.82) is 0 Å². The van der Waals surface area contributed by atoms with Gasteiger partial charge in [0.2, 0.25) is 16.0 Å². The highest BCUT2D eigenvalue weighted by molar-refractivity contribution is 7.89. The first kappa shape index (κ1) is 19.8. The van der Waals surface area contributed by atoms with Crippen molar-refractivity contribution < 1.29 is 21.6 Å². The van der Waals surface area contributed by atoms with Gasteiger partial charge in [-0.1, -0.05) is 12.1 Å². The number of aromatic nitrogens is 4. The number of fused-ring (bicyclic) bond motifs is 1. The quantitative estimate of drug-likeness (QED) is 0.510. The fraction of sp³-hybridized carbons (Fsp3) is 0.0556. The van der Waals surface area contributed by atoms with E-state index in [0.29, 0.717) is 16.8 Å². The smallest absolute Gasteiger partial charge is 0.366 e. The zero-order valence-corrected chi connectivity index (χ0v) is 15.8. The third kappa shape index (κ3) is 3.57. The third-order valence-corrected chi connectivity index (χ3v) is 5.30. The zero-order chi connectivity index (χ0) is 21.7. The second kappa shape index (κ2) is 6.78. The first-order valence-corrected chi connectivity index (χ1v) is 9.89. The minimum atomic E-state index is -4.95. The van der Waals surface area contributed by atoms with Gasteiger partial charge in [-0.05, 0) is 29.8 Å². The Morgan fingerprint density at radius 2 is 1.73 bits per heavy atom. The molecule has 3 heterocycles. The molecule has 3 aromatic heterocycles. The number of alkyl halides is 3. The number of benzene rings is 1. The Morgan fingerprint density at radius 1 is 1.00 bits per heavy atom. The van der Waals surface area contributed by atoms with Crippen LogP contribution in [-0.2, 0) is 16.2 Å². The summed E-state index contributed by atoms with van der Waals surface area (Å²) in [6.45, 7) is 0. The number of halogens is 3. The number of pyridine rings is 2. The lowest BCUT2D eigenvalue weighted by Crippen LogP contribution is -2.20. The summed E-state index contributed by atoms with van der Waals surface area (Å²) >= 11 is 0. The Bertz CT molecular complexity index is 1380. The number of nitrogens with zero attached hydrogens (tertiary/aromatic N) is 4. The first-order chi connectivity index (χ1) is 14.0. The van der Waals surface area contributed by atoms with Gasteiger partial charge in [-0.3, -0.25) is 4.98 Å². The Labute approximate surface area is 168 Å². The van der Waals surface area contributed by atoms with Gasteiger partial charge in [0.05, 0.1) is 10.5 Å². The fourth-order valence-electron chi connectivity index (χ4n) is 3.12. The predicted octanol–water partition coefficient (Wildman–Crippen LogP) is 2.71. The molecule has 0 aliphatic carbocycles. The molecular weight excluding hydrogens is 421 g/mol. The van der Waals surface area contributed by atoms with Crippen LogP contribution in [-0.4, -0.2) is 28.0 Å². The van der Waals surface area contributed by atoms with Crippen LogP contribution in [0.25, 0.3) is 27.9 Å². The topological polar surface area (TPSA) is 129 Å². The van der Waals surface area contributed by atoms with Gasteiger partial charge >= 0.3 is 6.18 Å². The standard InChI is InChI=1S/C18H13F3N6O2S/c19-18(20,21)16-13(2-1-3-14(16)30(23,28)29)12-6-11(7-24-8-12)10-4-5-15-25-17(22)26-27(15)9-10/h1-9H,(H2,22,26)(H2,23,28,29). The second-order valence-electron chi connectivity index (χ2n) is 6.37. The SMILES string of the molecule is Nc1nc2ccc(-c3cncc(-c4cccc(S(N)(=O)=O)c4C(F)(F)F)c3)cn2n1. The van der Waals surface area contributed by atoms with Gasteiger partial charge in [-0.15, -0.1) is 5.10 Å². The number of hydrogen-bond acceptors (Lipinski definition) is 6. The van der Waals surface area contributed by atoms with Crippen molar-refractivity contribution in [2.24, 2.45) is 5.14 Å². The van der Waals surface area contributed by atoms with Crippen LogP contribution in [0.3, 0.4) is 0 Å². The number of sulfonamides is 1. The number of nitrogens with two attached hydrogens (primary N) is 2. The van der Waals surface area contributed by atoms with Crippen LogP contribution >= 0.6 is 0 Å². The largest absolute Gasteiger partial charge is 0.418 e. The minimum Gasteiger partial charge on any atom is -0.366 e. The van der Waals surface area contributed by atoms with Crippen LogP contribution in [0.2, 0.25) is 0 Å². The third-order valence-electron chi connectivity index (χ3n) is 4.35. The number of primary sulfonamides is 1. The van der Waals surface area contributed by atoms with E-state index < -0.39 is 26.7 Å². The fourth-order valence-corrected chi connectivity index (χ4v) is 3.90. The number of anilines is 1. The molecule has 1 aromatic carbocycles. The van der Waals surface area contributed by atoms with Crippen molar-refractivity contribution in [2.75, 3.05) is 5.73 Å². The van der Waals surface area contributed by atoms with E-state index in [4.69, 9.17) is 10.9 Å². The van der Waals surface area contributed by atoms with E-state index in [-0.39, 0.29) is 17.1 Å². The van der Waals surface area contributed by atoms with Gasteiger partial charge < -0.3 is 5.73 Å². The number of rotatable bonds is 3. The molecule has 4 N–H and O–H groups in total. The molecule has 154 valence electrons. The van der Waals surface area contributed by atoms with Crippen molar-refractivity contribution >= 4 is 21.6 Å². The average molecular weight is 434 g/mol. The summed E-state index contributed by atoms with van der Waals surface area (Å²) in [6.07, 6.45) is -0.675. The minimum absolute atomic E-state index is 0.0727. The van der Waals surface area contributed by atoms with Crippen LogP contribution in [0.1, 0.15) is 5.56 Å². The van der Waals surface area contributed by atoms with E-state index in [1.54, 1.807) is 18.3 Å². The highest BCUT2D eigenvalue weighted by Crippen LogP contribution is 2.41. The van der Waals surface area contributed by atoms with Crippen molar-refractivity contribution in [1.82, 2.24) is 19.6 Å². The van der Waals surface area contributed by atoms with Crippen molar-refractivity contribution in [2.45, 2.75) is 11.1 Å². The maximum absolute atomic E-state index is 13.8. The monoisotopic (exact) mass is 434 g/mol. The number of hydrogen-bond donors (Lipinski definition) is 2. The van der Waals surface area contributed by atoms with Crippen molar-refractivity contribution in [3.05, 3.63) is 60.6 Å². The maximum atomic E-state index is 13.8. The average Bonchev–Trinajstić information content (AvgIpc) is 3.05. The van der Waals surface area contributed by atoms with E-state index in [1.807, 2.05) is 0 Å². The van der Waals surface area contributed by atoms with Crippen LogP contribution in [0.5, 0.6) is 0 Å². The molecule has 0 bridgehead atoms. The molecule has 0 aliphatic heterocycles. The molecule has 0 unspecified atom stereocenters. The number of nitrogen functional groups attached to an aromatic ring is 1. The van der Waals surface area contributed by atoms with E-state index in [0.717, 1.165) is 6.07 Å². The van der Waals surface area contributed by atoms with E-state index in [9.17, 15) is 21.6 Å². The molecule has 4 rings (SSSR count). The second-order valence-corrected chi connectivity index (χ2v) is 7.90. The first-order valence-electron chi connectivity index (χ1n) is 8.35. The molecule has 0 fully saturated rings. The molecule has 0 radical (unpaired) electrons. The molecule has 12 heteroatoms. The van der Waals surface area contributed by atoms with Crippen LogP contribution in [0, 0.1) is 0 Å². The van der Waals surface area contributed by atoms with Gasteiger partial charge in [0.1, 0.15) is 0 Å². The lowest BCUT2D eigenvalue weighted by atomic mass is 9.98. The summed E-state index contributed by atoms with van der Waals surface area (Å²) in [6, 6.07) is 7.98. The Morgan fingerprint density at radius 3 is 2.43 bits per heavy atom. The summed E-state index contributed by atoms with van der Waals surface area (Å²) in [7, 11) is -4.60. The molecule has 0 amide bonds. The molecular formula is C18H13F3N6O2S. The summed E-state index contributed by atoms with van der Waals surface area (Å²) < 4.78 is 66.2. The molecule has 0 aliphatic rings. The molecule has 0 saturated carbocycles. The normalized spacial score (nSPS) is 12.4.